The predicted octanol–water partition coefficient (Wildman–Crippen LogP) is 3.32. The molecule has 18 heavy (non-hydrogen) atoms. The van der Waals surface area contributed by atoms with Gasteiger partial charge in [-0.1, -0.05) is 28.8 Å². The molecule has 0 amide bonds. The van der Waals surface area contributed by atoms with Crippen molar-refractivity contribution in [3.63, 3.8) is 0 Å². The average Bonchev–Trinajstić information content (AvgIpc) is 2.61. The Bertz CT molecular complexity index is 520. The molecule has 0 bridgehead atoms. The van der Waals surface area contributed by atoms with Crippen LogP contribution in [0.15, 0.2) is 27.6 Å². The number of halogens is 1. The van der Waals surface area contributed by atoms with Crippen molar-refractivity contribution in [1.29, 1.82) is 0 Å². The second-order valence-electron chi connectivity index (χ2n) is 4.73. The minimum Gasteiger partial charge on any atom is -0.207 e. The molecular weight excluding hydrogens is 314 g/mol. The van der Waals surface area contributed by atoms with Crippen molar-refractivity contribution in [2.45, 2.75) is 37.5 Å². The molecule has 1 heterocycles. The zero-order valence-electron chi connectivity index (χ0n) is 10.5. The molecule has 0 unspecified atom stereocenters. The second-order valence-corrected chi connectivity index (χ2v) is 7.52. The fraction of sp³-hybridized carbons (Fsp3) is 0.538. The molecule has 5 heteroatoms. The summed E-state index contributed by atoms with van der Waals surface area (Å²) in [6, 6.07) is 5.22. The normalized spacial score (nSPS) is 18.6. The second kappa shape index (κ2) is 5.72. The highest BCUT2D eigenvalue weighted by Gasteiger charge is 2.25. The molecule has 1 aliphatic rings. The first kappa shape index (κ1) is 14.0. The number of sulfonamides is 1. The van der Waals surface area contributed by atoms with Crippen molar-refractivity contribution in [2.24, 2.45) is 0 Å². The Kier molecular flexibility index (Phi) is 4.45. The molecule has 0 spiro atoms. The Morgan fingerprint density at radius 3 is 2.28 bits per heavy atom. The molecule has 1 aromatic rings. The number of nitrogens with zero attached hydrogens (tertiary/aromatic N) is 1. The minimum atomic E-state index is -3.31. The summed E-state index contributed by atoms with van der Waals surface area (Å²) in [5, 5.41) is 0. The van der Waals surface area contributed by atoms with Gasteiger partial charge in [-0.25, -0.2) is 8.42 Å². The van der Waals surface area contributed by atoms with E-state index in [2.05, 4.69) is 15.9 Å². The van der Waals surface area contributed by atoms with Gasteiger partial charge in [0, 0.05) is 17.6 Å². The molecule has 0 radical (unpaired) electrons. The van der Waals surface area contributed by atoms with Crippen molar-refractivity contribution < 1.29 is 8.42 Å². The first-order valence-electron chi connectivity index (χ1n) is 6.28. The van der Waals surface area contributed by atoms with Crippen molar-refractivity contribution in [2.75, 3.05) is 13.1 Å². The highest BCUT2D eigenvalue weighted by atomic mass is 79.9. The van der Waals surface area contributed by atoms with Crippen LogP contribution in [-0.2, 0) is 10.0 Å². The highest BCUT2D eigenvalue weighted by molar-refractivity contribution is 9.10. The van der Waals surface area contributed by atoms with Crippen molar-refractivity contribution in [3.8, 4) is 0 Å². The van der Waals surface area contributed by atoms with Gasteiger partial charge in [0.15, 0.2) is 0 Å². The van der Waals surface area contributed by atoms with Crippen LogP contribution in [0, 0.1) is 6.92 Å². The van der Waals surface area contributed by atoms with Gasteiger partial charge in [0.1, 0.15) is 0 Å². The Balaban J connectivity index is 2.31. The Morgan fingerprint density at radius 1 is 1.11 bits per heavy atom. The van der Waals surface area contributed by atoms with E-state index in [1.165, 1.54) is 0 Å². The highest BCUT2D eigenvalue weighted by Crippen LogP contribution is 2.24. The topological polar surface area (TPSA) is 37.4 Å². The lowest BCUT2D eigenvalue weighted by molar-refractivity contribution is 0.423. The molecule has 0 aromatic heterocycles. The maximum atomic E-state index is 12.5. The molecule has 1 aliphatic heterocycles. The fourth-order valence-electron chi connectivity index (χ4n) is 2.21. The molecule has 3 nitrogen and oxygen atoms in total. The van der Waals surface area contributed by atoms with Crippen LogP contribution >= 0.6 is 15.9 Å². The SMILES string of the molecule is Cc1cc(S(=O)(=O)N2CCCCCC2)ccc1Br. The lowest BCUT2D eigenvalue weighted by atomic mass is 10.2. The molecule has 0 atom stereocenters. The lowest BCUT2D eigenvalue weighted by Gasteiger charge is -2.20. The summed E-state index contributed by atoms with van der Waals surface area (Å²) < 4.78 is 27.6. The average molecular weight is 332 g/mol. The van der Waals surface area contributed by atoms with Crippen LogP contribution in [0.3, 0.4) is 0 Å². The van der Waals surface area contributed by atoms with Gasteiger partial charge in [0.2, 0.25) is 10.0 Å². The summed E-state index contributed by atoms with van der Waals surface area (Å²) in [5.74, 6) is 0. The third-order valence-electron chi connectivity index (χ3n) is 3.33. The molecule has 1 aromatic carbocycles. The smallest absolute Gasteiger partial charge is 0.207 e. The van der Waals surface area contributed by atoms with Crippen LogP contribution < -0.4 is 0 Å². The van der Waals surface area contributed by atoms with E-state index in [0.29, 0.717) is 18.0 Å². The van der Waals surface area contributed by atoms with E-state index in [9.17, 15) is 8.42 Å². The van der Waals surface area contributed by atoms with E-state index >= 15 is 0 Å². The van der Waals surface area contributed by atoms with E-state index in [4.69, 9.17) is 0 Å². The van der Waals surface area contributed by atoms with Crippen LogP contribution in [0.4, 0.5) is 0 Å². The monoisotopic (exact) mass is 331 g/mol. The van der Waals surface area contributed by atoms with Crippen LogP contribution in [0.5, 0.6) is 0 Å². The van der Waals surface area contributed by atoms with Crippen LogP contribution in [0.1, 0.15) is 31.2 Å². The number of hydrogen-bond donors (Lipinski definition) is 0. The maximum absolute atomic E-state index is 12.5. The van der Waals surface area contributed by atoms with Crippen molar-refractivity contribution in [1.82, 2.24) is 4.31 Å². The van der Waals surface area contributed by atoms with E-state index in [0.717, 1.165) is 35.7 Å². The summed E-state index contributed by atoms with van der Waals surface area (Å²) in [5.41, 5.74) is 0.950. The third kappa shape index (κ3) is 2.95. The van der Waals surface area contributed by atoms with Crippen LogP contribution in [-0.4, -0.2) is 25.8 Å². The van der Waals surface area contributed by atoms with Gasteiger partial charge in [-0.3, -0.25) is 0 Å². The molecule has 0 saturated carbocycles. The van der Waals surface area contributed by atoms with Crippen LogP contribution in [0.2, 0.25) is 0 Å². The Labute approximate surface area is 117 Å². The maximum Gasteiger partial charge on any atom is 0.243 e. The fourth-order valence-corrected chi connectivity index (χ4v) is 4.06. The molecule has 0 N–H and O–H groups in total. The van der Waals surface area contributed by atoms with Crippen molar-refractivity contribution >= 4 is 26.0 Å². The summed E-state index contributed by atoms with van der Waals surface area (Å²) in [6.45, 7) is 3.21. The van der Waals surface area contributed by atoms with Gasteiger partial charge >= 0.3 is 0 Å². The summed E-state index contributed by atoms with van der Waals surface area (Å²) >= 11 is 3.40. The third-order valence-corrected chi connectivity index (χ3v) is 6.12. The number of benzene rings is 1. The van der Waals surface area contributed by atoms with Gasteiger partial charge < -0.3 is 0 Å². The zero-order chi connectivity index (χ0) is 13.2. The van der Waals surface area contributed by atoms with Gasteiger partial charge in [-0.2, -0.15) is 4.31 Å². The molecule has 0 aliphatic carbocycles. The number of hydrogen-bond acceptors (Lipinski definition) is 2. The predicted molar refractivity (Wildman–Crippen MR) is 76.1 cm³/mol. The number of aryl methyl sites for hydroxylation is 1. The molecule has 1 saturated heterocycles. The van der Waals surface area contributed by atoms with Gasteiger partial charge in [0.05, 0.1) is 4.90 Å². The van der Waals surface area contributed by atoms with Gasteiger partial charge in [0.25, 0.3) is 0 Å². The van der Waals surface area contributed by atoms with E-state index in [1.807, 2.05) is 6.92 Å². The van der Waals surface area contributed by atoms with Crippen LogP contribution in [0.25, 0.3) is 0 Å². The largest absolute Gasteiger partial charge is 0.243 e. The summed E-state index contributed by atoms with van der Waals surface area (Å²) in [7, 11) is -3.31. The molecule has 2 rings (SSSR count). The minimum absolute atomic E-state index is 0.408. The van der Waals surface area contributed by atoms with Gasteiger partial charge in [-0.05, 0) is 43.5 Å². The van der Waals surface area contributed by atoms with E-state index < -0.39 is 10.0 Å². The number of rotatable bonds is 2. The lowest BCUT2D eigenvalue weighted by Crippen LogP contribution is -2.31. The van der Waals surface area contributed by atoms with E-state index in [1.54, 1.807) is 22.5 Å². The quantitative estimate of drug-likeness (QED) is 0.833. The van der Waals surface area contributed by atoms with Crippen molar-refractivity contribution in [3.05, 3.63) is 28.2 Å². The van der Waals surface area contributed by atoms with E-state index in [-0.39, 0.29) is 0 Å². The summed E-state index contributed by atoms with van der Waals surface area (Å²) in [4.78, 5) is 0.408. The first-order valence-corrected chi connectivity index (χ1v) is 8.51. The van der Waals surface area contributed by atoms with Gasteiger partial charge in [-0.15, -0.1) is 0 Å². The zero-order valence-corrected chi connectivity index (χ0v) is 12.9. The molecule has 1 fully saturated rings. The Hall–Kier alpha value is -0.390. The standard InChI is InChI=1S/C13H18BrNO2S/c1-11-10-12(6-7-13(11)14)18(16,17)15-8-4-2-3-5-9-15/h6-7,10H,2-5,8-9H2,1H3. The summed E-state index contributed by atoms with van der Waals surface area (Å²) in [6.07, 6.45) is 4.19. The molecule has 100 valence electrons. The first-order chi connectivity index (χ1) is 8.51. The molecular formula is C13H18BrNO2S. The Morgan fingerprint density at radius 2 is 1.72 bits per heavy atom.